The second-order valence-electron chi connectivity index (χ2n) is 3.64. The molecule has 6 nitrogen and oxygen atoms in total. The normalized spacial score (nSPS) is 12.0. The quantitative estimate of drug-likeness (QED) is 0.322. The lowest BCUT2D eigenvalue weighted by molar-refractivity contribution is 0.0375. The number of ether oxygens (including phenoxy) is 2. The minimum absolute atomic E-state index is 0.301. The Labute approximate surface area is 96.2 Å². The third-order valence-electron chi connectivity index (χ3n) is 2.31. The summed E-state index contributed by atoms with van der Waals surface area (Å²) in [6.07, 6.45) is 0.742. The first-order valence-corrected chi connectivity index (χ1v) is 5.39. The van der Waals surface area contributed by atoms with E-state index in [9.17, 15) is 0 Å². The largest absolute Gasteiger partial charge is 0.394 e. The maximum Gasteiger partial charge on any atom is 0.0881 e. The number of hydrogen-bond donors (Lipinski definition) is 4. The van der Waals surface area contributed by atoms with Crippen LogP contribution in [0.5, 0.6) is 0 Å². The molecule has 98 valence electrons. The second-order valence-corrected chi connectivity index (χ2v) is 3.64. The van der Waals surface area contributed by atoms with Crippen molar-refractivity contribution in [2.24, 2.45) is 0 Å². The summed E-state index contributed by atoms with van der Waals surface area (Å²) in [5.74, 6) is 0. The van der Waals surface area contributed by atoms with Crippen molar-refractivity contribution in [3.05, 3.63) is 0 Å². The zero-order valence-electron chi connectivity index (χ0n) is 9.81. The molecule has 0 aromatic carbocycles. The van der Waals surface area contributed by atoms with Crippen LogP contribution in [-0.2, 0) is 9.47 Å². The molecule has 0 aromatic rings. The second kappa shape index (κ2) is 9.95. The lowest BCUT2D eigenvalue weighted by Gasteiger charge is -2.28. The highest BCUT2D eigenvalue weighted by Crippen LogP contribution is 2.01. The van der Waals surface area contributed by atoms with Gasteiger partial charge in [-0.3, -0.25) is 0 Å². The van der Waals surface area contributed by atoms with Crippen LogP contribution in [0.15, 0.2) is 0 Å². The monoisotopic (exact) mass is 237 g/mol. The van der Waals surface area contributed by atoms with Crippen molar-refractivity contribution >= 4 is 0 Å². The Hall–Kier alpha value is -0.240. The number of nitrogens with one attached hydrogen (secondary N) is 1. The maximum absolute atomic E-state index is 9.02. The molecule has 0 radical (unpaired) electrons. The van der Waals surface area contributed by atoms with Gasteiger partial charge in [0.25, 0.3) is 0 Å². The molecule has 0 aliphatic heterocycles. The van der Waals surface area contributed by atoms with Crippen LogP contribution in [0.2, 0.25) is 0 Å². The summed E-state index contributed by atoms with van der Waals surface area (Å²) in [5.41, 5.74) is -0.994. The smallest absolute Gasteiger partial charge is 0.0881 e. The van der Waals surface area contributed by atoms with E-state index in [0.29, 0.717) is 26.4 Å². The van der Waals surface area contributed by atoms with Crippen molar-refractivity contribution < 1.29 is 24.8 Å². The van der Waals surface area contributed by atoms with Crippen molar-refractivity contribution in [2.45, 2.75) is 12.0 Å². The Morgan fingerprint density at radius 2 is 1.62 bits per heavy atom. The van der Waals surface area contributed by atoms with E-state index in [2.05, 4.69) is 5.32 Å². The topological polar surface area (TPSA) is 91.2 Å². The summed E-state index contributed by atoms with van der Waals surface area (Å²) in [5, 5.41) is 30.0. The maximum atomic E-state index is 9.02. The summed E-state index contributed by atoms with van der Waals surface area (Å²) in [6, 6.07) is 0. The summed E-state index contributed by atoms with van der Waals surface area (Å²) in [6.45, 7) is 1.37. The fraction of sp³-hybridized carbons (Fsp3) is 1.00. The van der Waals surface area contributed by atoms with Gasteiger partial charge in [0.15, 0.2) is 0 Å². The van der Waals surface area contributed by atoms with Crippen LogP contribution < -0.4 is 5.32 Å². The first-order valence-electron chi connectivity index (χ1n) is 5.39. The van der Waals surface area contributed by atoms with Crippen LogP contribution in [0.25, 0.3) is 0 Å². The average Bonchev–Trinajstić information content (AvgIpc) is 2.34. The Bertz CT molecular complexity index is 144. The minimum atomic E-state index is -0.994. The van der Waals surface area contributed by atoms with Crippen molar-refractivity contribution in [1.29, 1.82) is 0 Å². The molecule has 0 heterocycles. The third kappa shape index (κ3) is 6.37. The Kier molecular flexibility index (Phi) is 9.80. The molecule has 0 amide bonds. The van der Waals surface area contributed by atoms with E-state index < -0.39 is 5.54 Å². The molecule has 16 heavy (non-hydrogen) atoms. The molecule has 0 rings (SSSR count). The molecular weight excluding hydrogens is 214 g/mol. The molecule has 0 aliphatic rings. The number of aliphatic hydroxyl groups excluding tert-OH is 3. The highest BCUT2D eigenvalue weighted by atomic mass is 16.5. The third-order valence-corrected chi connectivity index (χ3v) is 2.31. The van der Waals surface area contributed by atoms with Gasteiger partial charge in [0, 0.05) is 13.7 Å². The van der Waals surface area contributed by atoms with Gasteiger partial charge in [-0.25, -0.2) is 0 Å². The van der Waals surface area contributed by atoms with Gasteiger partial charge in [0.2, 0.25) is 0 Å². The number of aliphatic hydroxyl groups is 3. The van der Waals surface area contributed by atoms with Gasteiger partial charge in [-0.2, -0.15) is 0 Å². The van der Waals surface area contributed by atoms with Crippen LogP contribution >= 0.6 is 0 Å². The van der Waals surface area contributed by atoms with Crippen LogP contribution in [0.4, 0.5) is 0 Å². The highest BCUT2D eigenvalue weighted by molar-refractivity contribution is 4.85. The molecule has 0 spiro atoms. The van der Waals surface area contributed by atoms with Gasteiger partial charge in [-0.05, 0) is 13.0 Å². The fourth-order valence-corrected chi connectivity index (χ4v) is 1.09. The van der Waals surface area contributed by atoms with Gasteiger partial charge < -0.3 is 30.1 Å². The Morgan fingerprint density at radius 1 is 1.00 bits per heavy atom. The predicted molar refractivity (Wildman–Crippen MR) is 59.3 cm³/mol. The van der Waals surface area contributed by atoms with Crippen LogP contribution in [0.3, 0.4) is 0 Å². The molecule has 0 saturated heterocycles. The van der Waals surface area contributed by atoms with Crippen LogP contribution in [-0.4, -0.2) is 74.2 Å². The molecular formula is C10H23NO5. The summed E-state index contributed by atoms with van der Waals surface area (Å²) in [4.78, 5) is 0. The Balaban J connectivity index is 3.48. The van der Waals surface area contributed by atoms with Gasteiger partial charge in [-0.15, -0.1) is 0 Å². The number of methoxy groups -OCH3 is 1. The molecule has 4 N–H and O–H groups in total. The fourth-order valence-electron chi connectivity index (χ4n) is 1.09. The predicted octanol–water partition coefficient (Wildman–Crippen LogP) is -1.66. The highest BCUT2D eigenvalue weighted by Gasteiger charge is 2.26. The van der Waals surface area contributed by atoms with E-state index in [1.54, 1.807) is 7.11 Å². The lowest BCUT2D eigenvalue weighted by Crippen LogP contribution is -2.55. The van der Waals surface area contributed by atoms with Crippen LogP contribution in [0, 0.1) is 0 Å². The zero-order chi connectivity index (χ0) is 12.3. The van der Waals surface area contributed by atoms with Gasteiger partial charge >= 0.3 is 0 Å². The van der Waals surface area contributed by atoms with E-state index in [1.807, 2.05) is 0 Å². The standard InChI is InChI=1S/C10H23NO5/c1-15-5-6-16-4-2-3-11-10(7-12,8-13)9-14/h11-14H,2-9H2,1H3. The average molecular weight is 237 g/mol. The van der Waals surface area contributed by atoms with Gasteiger partial charge in [-0.1, -0.05) is 0 Å². The summed E-state index contributed by atoms with van der Waals surface area (Å²) in [7, 11) is 1.61. The zero-order valence-corrected chi connectivity index (χ0v) is 9.81. The molecule has 0 unspecified atom stereocenters. The van der Waals surface area contributed by atoms with E-state index in [4.69, 9.17) is 24.8 Å². The SMILES string of the molecule is COCCOCCCNC(CO)(CO)CO. The van der Waals surface area contributed by atoms with Crippen molar-refractivity contribution in [3.63, 3.8) is 0 Å². The molecule has 0 aromatic heterocycles. The van der Waals surface area contributed by atoms with E-state index in [-0.39, 0.29) is 19.8 Å². The van der Waals surface area contributed by atoms with E-state index in [1.165, 1.54) is 0 Å². The van der Waals surface area contributed by atoms with E-state index in [0.717, 1.165) is 6.42 Å². The summed E-state index contributed by atoms with van der Waals surface area (Å²) >= 11 is 0. The van der Waals surface area contributed by atoms with Gasteiger partial charge in [0.1, 0.15) is 0 Å². The number of rotatable bonds is 11. The Morgan fingerprint density at radius 3 is 2.12 bits per heavy atom. The van der Waals surface area contributed by atoms with Crippen LogP contribution in [0.1, 0.15) is 6.42 Å². The van der Waals surface area contributed by atoms with E-state index >= 15 is 0 Å². The van der Waals surface area contributed by atoms with Crippen molar-refractivity contribution in [2.75, 3.05) is 53.3 Å². The summed E-state index contributed by atoms with van der Waals surface area (Å²) < 4.78 is 10.1. The van der Waals surface area contributed by atoms with Crippen molar-refractivity contribution in [1.82, 2.24) is 5.32 Å². The first kappa shape index (κ1) is 15.8. The molecule has 0 fully saturated rings. The lowest BCUT2D eigenvalue weighted by atomic mass is 10.0. The molecule has 0 atom stereocenters. The first-order chi connectivity index (χ1) is 7.74. The van der Waals surface area contributed by atoms with Crippen molar-refractivity contribution in [3.8, 4) is 0 Å². The molecule has 6 heteroatoms. The molecule has 0 aliphatic carbocycles. The molecule has 0 bridgehead atoms. The minimum Gasteiger partial charge on any atom is -0.394 e. The molecule has 0 saturated carbocycles. The van der Waals surface area contributed by atoms with Gasteiger partial charge in [0.05, 0.1) is 38.6 Å². The number of hydrogen-bond acceptors (Lipinski definition) is 6.